The molecule has 3 heterocycles. The first-order chi connectivity index (χ1) is 8.25. The van der Waals surface area contributed by atoms with Gasteiger partial charge in [0, 0.05) is 13.2 Å². The second-order valence-electron chi connectivity index (χ2n) is 3.85. The third-order valence-electron chi connectivity index (χ3n) is 2.65. The van der Waals surface area contributed by atoms with E-state index in [0.717, 1.165) is 22.4 Å². The quantitative estimate of drug-likeness (QED) is 0.633. The minimum atomic E-state index is 0.634. The summed E-state index contributed by atoms with van der Waals surface area (Å²) < 4.78 is 1.78. The van der Waals surface area contributed by atoms with E-state index in [2.05, 4.69) is 20.1 Å². The van der Waals surface area contributed by atoms with Gasteiger partial charge in [-0.25, -0.2) is 9.97 Å². The van der Waals surface area contributed by atoms with Crippen LogP contribution < -0.4 is 0 Å². The molecule has 0 saturated heterocycles. The lowest BCUT2D eigenvalue weighted by Crippen LogP contribution is -1.93. The molecule has 17 heavy (non-hydrogen) atoms. The third kappa shape index (κ3) is 1.56. The first-order valence-electron chi connectivity index (χ1n) is 5.33. The molecule has 3 rings (SSSR count). The van der Waals surface area contributed by atoms with Gasteiger partial charge in [0.15, 0.2) is 5.82 Å². The Labute approximate surface area is 98.2 Å². The van der Waals surface area contributed by atoms with Crippen LogP contribution in [0.3, 0.4) is 0 Å². The molecule has 0 radical (unpaired) electrons. The van der Waals surface area contributed by atoms with Crippen molar-refractivity contribution in [1.29, 1.82) is 0 Å². The van der Waals surface area contributed by atoms with Crippen LogP contribution in [0.15, 0.2) is 30.6 Å². The smallest absolute Gasteiger partial charge is 0.178 e. The van der Waals surface area contributed by atoms with Crippen LogP contribution in [0.4, 0.5) is 0 Å². The summed E-state index contributed by atoms with van der Waals surface area (Å²) in [7, 11) is 1.89. The first-order valence-corrected chi connectivity index (χ1v) is 5.33. The van der Waals surface area contributed by atoms with Crippen LogP contribution in [0.25, 0.3) is 22.6 Å². The summed E-state index contributed by atoms with van der Waals surface area (Å²) in [5, 5.41) is 4.32. The van der Waals surface area contributed by atoms with Crippen LogP contribution in [0.5, 0.6) is 0 Å². The van der Waals surface area contributed by atoms with Crippen molar-refractivity contribution in [2.75, 3.05) is 0 Å². The largest absolute Gasteiger partial charge is 0.264 e. The van der Waals surface area contributed by atoms with Gasteiger partial charge < -0.3 is 0 Å². The van der Waals surface area contributed by atoms with E-state index in [1.54, 1.807) is 17.1 Å². The lowest BCUT2D eigenvalue weighted by molar-refractivity contribution is 0.782. The number of pyridine rings is 1. The minimum absolute atomic E-state index is 0.634. The number of nitrogens with zero attached hydrogens (tertiary/aromatic N) is 5. The standard InChI is InChI=1S/C12H11N5/c1-8-11-10(17(2)16-8)7-14-12(15-11)9-5-3-4-6-13-9/h3-7H,1-2H3. The van der Waals surface area contributed by atoms with Crippen molar-refractivity contribution in [2.24, 2.45) is 7.05 Å². The van der Waals surface area contributed by atoms with Crippen molar-refractivity contribution in [1.82, 2.24) is 24.7 Å². The fraction of sp³-hybridized carbons (Fsp3) is 0.167. The summed E-state index contributed by atoms with van der Waals surface area (Å²) in [6.45, 7) is 1.94. The van der Waals surface area contributed by atoms with Gasteiger partial charge in [-0.1, -0.05) is 6.07 Å². The Hall–Kier alpha value is -2.30. The van der Waals surface area contributed by atoms with Crippen LogP contribution in [0.2, 0.25) is 0 Å². The summed E-state index contributed by atoms with van der Waals surface area (Å²) in [5.74, 6) is 0.634. The van der Waals surface area contributed by atoms with Gasteiger partial charge in [-0.05, 0) is 19.1 Å². The Morgan fingerprint density at radius 2 is 2.06 bits per heavy atom. The van der Waals surface area contributed by atoms with Gasteiger partial charge in [0.2, 0.25) is 0 Å². The van der Waals surface area contributed by atoms with Gasteiger partial charge in [0.25, 0.3) is 0 Å². The highest BCUT2D eigenvalue weighted by Crippen LogP contribution is 2.18. The lowest BCUT2D eigenvalue weighted by Gasteiger charge is -1.99. The molecular weight excluding hydrogens is 214 g/mol. The fourth-order valence-corrected chi connectivity index (χ4v) is 1.82. The van der Waals surface area contributed by atoms with E-state index in [0.29, 0.717) is 5.82 Å². The Balaban J connectivity index is 2.24. The molecule has 5 heteroatoms. The van der Waals surface area contributed by atoms with Gasteiger partial charge in [-0.15, -0.1) is 0 Å². The predicted octanol–water partition coefficient (Wildman–Crippen LogP) is 1.73. The van der Waals surface area contributed by atoms with Crippen LogP contribution in [0.1, 0.15) is 5.69 Å². The van der Waals surface area contributed by atoms with Gasteiger partial charge in [0.05, 0.1) is 11.9 Å². The average molecular weight is 225 g/mol. The monoisotopic (exact) mass is 225 g/mol. The van der Waals surface area contributed by atoms with Gasteiger partial charge >= 0.3 is 0 Å². The van der Waals surface area contributed by atoms with Crippen molar-refractivity contribution in [2.45, 2.75) is 6.92 Å². The molecule has 0 aliphatic carbocycles. The van der Waals surface area contributed by atoms with Crippen LogP contribution in [-0.2, 0) is 7.05 Å². The SMILES string of the molecule is Cc1nn(C)c2cnc(-c3ccccn3)nc12. The van der Waals surface area contributed by atoms with Crippen molar-refractivity contribution in [3.8, 4) is 11.5 Å². The molecule has 0 atom stereocenters. The summed E-state index contributed by atoms with van der Waals surface area (Å²) in [6.07, 6.45) is 3.52. The molecule has 5 nitrogen and oxygen atoms in total. The Morgan fingerprint density at radius 1 is 1.18 bits per heavy atom. The molecule has 3 aromatic heterocycles. The first kappa shape index (κ1) is 9.89. The predicted molar refractivity (Wildman–Crippen MR) is 64.3 cm³/mol. The molecule has 0 N–H and O–H groups in total. The second kappa shape index (κ2) is 3.62. The van der Waals surface area contributed by atoms with E-state index in [1.165, 1.54) is 0 Å². The summed E-state index contributed by atoms with van der Waals surface area (Å²) >= 11 is 0. The van der Waals surface area contributed by atoms with Crippen LogP contribution in [0, 0.1) is 6.92 Å². The summed E-state index contributed by atoms with van der Waals surface area (Å²) in [6, 6.07) is 5.69. The van der Waals surface area contributed by atoms with Crippen molar-refractivity contribution < 1.29 is 0 Å². The average Bonchev–Trinajstić information content (AvgIpc) is 2.66. The summed E-state index contributed by atoms with van der Waals surface area (Å²) in [4.78, 5) is 13.1. The lowest BCUT2D eigenvalue weighted by atomic mass is 10.3. The van der Waals surface area contributed by atoms with E-state index in [9.17, 15) is 0 Å². The molecule has 0 aromatic carbocycles. The zero-order chi connectivity index (χ0) is 11.8. The molecule has 0 saturated carbocycles. The molecule has 0 aliphatic rings. The van der Waals surface area contributed by atoms with E-state index >= 15 is 0 Å². The molecule has 0 amide bonds. The van der Waals surface area contributed by atoms with E-state index in [-0.39, 0.29) is 0 Å². The van der Waals surface area contributed by atoms with E-state index in [4.69, 9.17) is 0 Å². The highest BCUT2D eigenvalue weighted by atomic mass is 15.3. The number of aromatic nitrogens is 5. The zero-order valence-corrected chi connectivity index (χ0v) is 9.62. The third-order valence-corrected chi connectivity index (χ3v) is 2.65. The fourth-order valence-electron chi connectivity index (χ4n) is 1.82. The molecular formula is C12H11N5. The Morgan fingerprint density at radius 3 is 2.82 bits per heavy atom. The summed E-state index contributed by atoms with van der Waals surface area (Å²) in [5.41, 5.74) is 3.49. The maximum atomic E-state index is 4.51. The number of hydrogen-bond donors (Lipinski definition) is 0. The van der Waals surface area contributed by atoms with Gasteiger partial charge in [-0.2, -0.15) is 5.10 Å². The number of fused-ring (bicyclic) bond motifs is 1. The van der Waals surface area contributed by atoms with Crippen LogP contribution in [-0.4, -0.2) is 24.7 Å². The van der Waals surface area contributed by atoms with Gasteiger partial charge in [-0.3, -0.25) is 9.67 Å². The molecule has 0 spiro atoms. The van der Waals surface area contributed by atoms with Crippen molar-refractivity contribution in [3.63, 3.8) is 0 Å². The molecule has 3 aromatic rings. The second-order valence-corrected chi connectivity index (χ2v) is 3.85. The molecule has 0 fully saturated rings. The van der Waals surface area contributed by atoms with Gasteiger partial charge in [0.1, 0.15) is 16.7 Å². The maximum Gasteiger partial charge on any atom is 0.178 e. The van der Waals surface area contributed by atoms with E-state index < -0.39 is 0 Å². The van der Waals surface area contributed by atoms with Crippen LogP contribution >= 0.6 is 0 Å². The zero-order valence-electron chi connectivity index (χ0n) is 9.62. The Bertz CT molecular complexity index is 672. The topological polar surface area (TPSA) is 56.5 Å². The van der Waals surface area contributed by atoms with E-state index in [1.807, 2.05) is 32.2 Å². The normalized spacial score (nSPS) is 10.9. The highest BCUT2D eigenvalue weighted by molar-refractivity contribution is 5.78. The number of aryl methyl sites for hydroxylation is 2. The molecule has 0 aliphatic heterocycles. The highest BCUT2D eigenvalue weighted by Gasteiger charge is 2.09. The molecule has 84 valence electrons. The van der Waals surface area contributed by atoms with Crippen molar-refractivity contribution >= 4 is 11.0 Å². The molecule has 0 bridgehead atoms. The molecule has 0 unspecified atom stereocenters. The maximum absolute atomic E-state index is 4.51. The Kier molecular flexibility index (Phi) is 2.11. The number of hydrogen-bond acceptors (Lipinski definition) is 4. The minimum Gasteiger partial charge on any atom is -0.264 e. The van der Waals surface area contributed by atoms with Crippen molar-refractivity contribution in [3.05, 3.63) is 36.3 Å². The number of rotatable bonds is 1.